The number of amides is 1. The van der Waals surface area contributed by atoms with Crippen molar-refractivity contribution in [3.8, 4) is 0 Å². The Balaban J connectivity index is 2.25. The SMILES string of the molecule is C=CCOC(=O)Nc1ccc2[nH]nc(C(=O)O)c2c1. The number of H-pyrrole nitrogens is 1. The maximum Gasteiger partial charge on any atom is 0.411 e. The largest absolute Gasteiger partial charge is 0.476 e. The number of ether oxygens (including phenoxy) is 1. The fraction of sp³-hybridized carbons (Fsp3) is 0.0833. The van der Waals surface area contributed by atoms with Crippen LogP contribution in [0.15, 0.2) is 30.9 Å². The topological polar surface area (TPSA) is 104 Å². The number of aromatic nitrogens is 2. The summed E-state index contributed by atoms with van der Waals surface area (Å²) in [5.41, 5.74) is 0.894. The number of anilines is 1. The summed E-state index contributed by atoms with van der Waals surface area (Å²) in [5.74, 6) is -1.14. The van der Waals surface area contributed by atoms with E-state index in [1.54, 1.807) is 12.1 Å². The van der Waals surface area contributed by atoms with Crippen LogP contribution in [0.2, 0.25) is 0 Å². The van der Waals surface area contributed by atoms with Crippen LogP contribution in [0.5, 0.6) is 0 Å². The zero-order chi connectivity index (χ0) is 13.8. The van der Waals surface area contributed by atoms with E-state index in [1.165, 1.54) is 12.1 Å². The quantitative estimate of drug-likeness (QED) is 0.730. The lowest BCUT2D eigenvalue weighted by Gasteiger charge is -2.05. The van der Waals surface area contributed by atoms with Crippen molar-refractivity contribution in [1.82, 2.24) is 10.2 Å². The smallest absolute Gasteiger partial charge is 0.411 e. The van der Waals surface area contributed by atoms with E-state index in [0.717, 1.165) is 0 Å². The first kappa shape index (κ1) is 12.6. The lowest BCUT2D eigenvalue weighted by molar-refractivity contribution is 0.0692. The van der Waals surface area contributed by atoms with Crippen LogP contribution in [0.4, 0.5) is 10.5 Å². The van der Waals surface area contributed by atoms with Gasteiger partial charge in [0.15, 0.2) is 5.69 Å². The molecule has 2 rings (SSSR count). The van der Waals surface area contributed by atoms with Crippen LogP contribution in [0.25, 0.3) is 10.9 Å². The highest BCUT2D eigenvalue weighted by Gasteiger charge is 2.13. The molecule has 2 aromatic rings. The molecule has 0 saturated carbocycles. The van der Waals surface area contributed by atoms with Crippen LogP contribution in [0, 0.1) is 0 Å². The molecule has 1 amide bonds. The van der Waals surface area contributed by atoms with Gasteiger partial charge >= 0.3 is 12.1 Å². The maximum absolute atomic E-state index is 11.3. The molecule has 1 heterocycles. The highest BCUT2D eigenvalue weighted by Crippen LogP contribution is 2.20. The lowest BCUT2D eigenvalue weighted by Crippen LogP contribution is -2.13. The zero-order valence-corrected chi connectivity index (χ0v) is 9.84. The molecular formula is C12H11N3O4. The molecule has 0 spiro atoms. The molecular weight excluding hydrogens is 250 g/mol. The van der Waals surface area contributed by atoms with Crippen LogP contribution in [0.3, 0.4) is 0 Å². The molecule has 0 aliphatic heterocycles. The Hall–Kier alpha value is -2.83. The molecule has 98 valence electrons. The molecule has 3 N–H and O–H groups in total. The highest BCUT2D eigenvalue weighted by atomic mass is 16.5. The molecule has 1 aromatic heterocycles. The molecule has 19 heavy (non-hydrogen) atoms. The summed E-state index contributed by atoms with van der Waals surface area (Å²) in [7, 11) is 0. The minimum atomic E-state index is -1.14. The predicted molar refractivity (Wildman–Crippen MR) is 68.2 cm³/mol. The number of nitrogens with one attached hydrogen (secondary N) is 2. The van der Waals surface area contributed by atoms with Crippen LogP contribution in [-0.2, 0) is 4.74 Å². The van der Waals surface area contributed by atoms with E-state index in [2.05, 4.69) is 22.1 Å². The molecule has 7 heteroatoms. The summed E-state index contributed by atoms with van der Waals surface area (Å²) in [6.45, 7) is 3.52. The molecule has 0 bridgehead atoms. The van der Waals surface area contributed by atoms with E-state index < -0.39 is 12.1 Å². The van der Waals surface area contributed by atoms with E-state index in [-0.39, 0.29) is 12.3 Å². The maximum atomic E-state index is 11.3. The Labute approximate surface area is 107 Å². The molecule has 7 nitrogen and oxygen atoms in total. The standard InChI is InChI=1S/C12H11N3O4/c1-2-5-19-12(18)13-7-3-4-9-8(6-7)10(11(16)17)15-14-9/h2-4,6H,1,5H2,(H,13,18)(H,14,15)(H,16,17). The number of aromatic amines is 1. The van der Waals surface area contributed by atoms with Crippen LogP contribution in [-0.4, -0.2) is 34.0 Å². The number of carboxylic acid groups (broad SMARTS) is 1. The molecule has 0 atom stereocenters. The van der Waals surface area contributed by atoms with E-state index in [0.29, 0.717) is 16.6 Å². The second-order valence-corrected chi connectivity index (χ2v) is 3.65. The van der Waals surface area contributed by atoms with Crippen molar-refractivity contribution >= 4 is 28.7 Å². The van der Waals surface area contributed by atoms with Crippen molar-refractivity contribution in [1.29, 1.82) is 0 Å². The third kappa shape index (κ3) is 2.71. The van der Waals surface area contributed by atoms with Gasteiger partial charge in [-0.15, -0.1) is 0 Å². The molecule has 0 fully saturated rings. The van der Waals surface area contributed by atoms with E-state index in [9.17, 15) is 9.59 Å². The number of fused-ring (bicyclic) bond motifs is 1. The first-order chi connectivity index (χ1) is 9.11. The summed E-state index contributed by atoms with van der Waals surface area (Å²) in [4.78, 5) is 22.3. The third-order valence-electron chi connectivity index (χ3n) is 2.34. The van der Waals surface area contributed by atoms with Crippen LogP contribution < -0.4 is 5.32 Å². The van der Waals surface area contributed by atoms with Crippen molar-refractivity contribution in [3.05, 3.63) is 36.5 Å². The Morgan fingerprint density at radius 1 is 1.53 bits per heavy atom. The van der Waals surface area contributed by atoms with Gasteiger partial charge in [0.2, 0.25) is 0 Å². The number of hydrogen-bond acceptors (Lipinski definition) is 4. The van der Waals surface area contributed by atoms with Gasteiger partial charge in [0.05, 0.1) is 5.52 Å². The molecule has 0 aliphatic rings. The Morgan fingerprint density at radius 3 is 3.00 bits per heavy atom. The molecule has 0 aliphatic carbocycles. The summed E-state index contributed by atoms with van der Waals surface area (Å²) in [5, 5.41) is 18.1. The number of carboxylic acids is 1. The van der Waals surface area contributed by atoms with Crippen molar-refractivity contribution < 1.29 is 19.4 Å². The number of hydrogen-bond donors (Lipinski definition) is 3. The summed E-state index contributed by atoms with van der Waals surface area (Å²) >= 11 is 0. The van der Waals surface area contributed by atoms with E-state index in [1.807, 2.05) is 0 Å². The number of carbonyl (C=O) groups is 2. The van der Waals surface area contributed by atoms with E-state index in [4.69, 9.17) is 9.84 Å². The molecule has 1 aromatic carbocycles. The summed E-state index contributed by atoms with van der Waals surface area (Å²) in [6, 6.07) is 4.75. The number of benzene rings is 1. The summed E-state index contributed by atoms with van der Waals surface area (Å²) < 4.78 is 4.76. The highest BCUT2D eigenvalue weighted by molar-refractivity contribution is 6.02. The average molecular weight is 261 g/mol. The monoisotopic (exact) mass is 261 g/mol. The normalized spacial score (nSPS) is 10.1. The first-order valence-electron chi connectivity index (χ1n) is 5.38. The Morgan fingerprint density at radius 2 is 2.32 bits per heavy atom. The van der Waals surface area contributed by atoms with E-state index >= 15 is 0 Å². The Bertz CT molecular complexity index is 647. The van der Waals surface area contributed by atoms with Crippen LogP contribution >= 0.6 is 0 Å². The van der Waals surface area contributed by atoms with Gasteiger partial charge in [-0.05, 0) is 18.2 Å². The first-order valence-corrected chi connectivity index (χ1v) is 5.38. The Kier molecular flexibility index (Phi) is 3.46. The second kappa shape index (κ2) is 5.21. The van der Waals surface area contributed by atoms with Gasteiger partial charge in [-0.25, -0.2) is 9.59 Å². The second-order valence-electron chi connectivity index (χ2n) is 3.65. The molecule has 0 radical (unpaired) electrons. The number of aromatic carboxylic acids is 1. The van der Waals surface area contributed by atoms with Gasteiger partial charge in [0, 0.05) is 11.1 Å². The minimum Gasteiger partial charge on any atom is -0.476 e. The average Bonchev–Trinajstić information content (AvgIpc) is 2.79. The molecule has 0 saturated heterocycles. The third-order valence-corrected chi connectivity index (χ3v) is 2.34. The van der Waals surface area contributed by atoms with Crippen molar-refractivity contribution in [2.75, 3.05) is 11.9 Å². The van der Waals surface area contributed by atoms with Gasteiger partial charge < -0.3 is 9.84 Å². The van der Waals surface area contributed by atoms with Gasteiger partial charge in [-0.3, -0.25) is 10.4 Å². The van der Waals surface area contributed by atoms with Crippen molar-refractivity contribution in [2.45, 2.75) is 0 Å². The number of carbonyl (C=O) groups excluding carboxylic acids is 1. The minimum absolute atomic E-state index is 0.0974. The fourth-order valence-corrected chi connectivity index (χ4v) is 1.54. The number of nitrogens with zero attached hydrogens (tertiary/aromatic N) is 1. The lowest BCUT2D eigenvalue weighted by atomic mass is 10.2. The van der Waals surface area contributed by atoms with Crippen molar-refractivity contribution in [2.24, 2.45) is 0 Å². The van der Waals surface area contributed by atoms with Crippen molar-refractivity contribution in [3.63, 3.8) is 0 Å². The van der Waals surface area contributed by atoms with Gasteiger partial charge in [0.1, 0.15) is 6.61 Å². The predicted octanol–water partition coefficient (Wildman–Crippen LogP) is 2.00. The van der Waals surface area contributed by atoms with Gasteiger partial charge in [0.25, 0.3) is 0 Å². The number of rotatable bonds is 4. The zero-order valence-electron chi connectivity index (χ0n) is 9.84. The van der Waals surface area contributed by atoms with Gasteiger partial charge in [-0.2, -0.15) is 5.10 Å². The van der Waals surface area contributed by atoms with Gasteiger partial charge in [-0.1, -0.05) is 12.7 Å². The fourth-order valence-electron chi connectivity index (χ4n) is 1.54. The van der Waals surface area contributed by atoms with Crippen LogP contribution in [0.1, 0.15) is 10.5 Å². The summed E-state index contributed by atoms with van der Waals surface area (Å²) in [6.07, 6.45) is 0.807. The molecule has 0 unspecified atom stereocenters.